The second-order valence-electron chi connectivity index (χ2n) is 2.79. The number of hydrogen-bond donors (Lipinski definition) is 0. The number of hydrogen-bond acceptors (Lipinski definition) is 1. The molecule has 0 atom stereocenters. The summed E-state index contributed by atoms with van der Waals surface area (Å²) in [6.45, 7) is 0. The second kappa shape index (κ2) is 5.78. The van der Waals surface area contributed by atoms with E-state index < -0.39 is 0 Å². The summed E-state index contributed by atoms with van der Waals surface area (Å²) >= 11 is 0. The SMILES string of the molecule is [K+].c1ccc(Cc2ccc[cH-]2)nc1. The van der Waals surface area contributed by atoms with E-state index in [9.17, 15) is 0 Å². The zero-order chi connectivity index (χ0) is 8.23. The molecule has 1 aromatic carbocycles. The molecule has 1 heterocycles. The Hall–Kier alpha value is 0.136. The molecule has 0 spiro atoms. The minimum atomic E-state index is 0. The van der Waals surface area contributed by atoms with Crippen LogP contribution in [0.4, 0.5) is 0 Å². The van der Waals surface area contributed by atoms with Crippen LogP contribution in [0, 0.1) is 0 Å². The fraction of sp³-hybridized carbons (Fsp3) is 0.0909. The molecular formula is C11H10KN. The van der Waals surface area contributed by atoms with Gasteiger partial charge in [-0.3, -0.25) is 4.98 Å². The standard InChI is InChI=1S/C11H10N.K/c1-2-6-10(5-1)9-11-7-3-4-8-12-11;/h1-8H,9H2;/q-1;+1. The van der Waals surface area contributed by atoms with Gasteiger partial charge in [-0.25, -0.2) is 12.1 Å². The van der Waals surface area contributed by atoms with E-state index in [1.807, 2.05) is 24.4 Å². The predicted octanol–water partition coefficient (Wildman–Crippen LogP) is -0.605. The van der Waals surface area contributed by atoms with Gasteiger partial charge in [0.1, 0.15) is 0 Å². The van der Waals surface area contributed by atoms with Crippen LogP contribution >= 0.6 is 0 Å². The van der Waals surface area contributed by atoms with E-state index in [0.29, 0.717) is 0 Å². The maximum atomic E-state index is 4.25. The van der Waals surface area contributed by atoms with E-state index in [1.165, 1.54) is 5.56 Å². The Bertz CT molecular complexity index is 326. The molecule has 0 radical (unpaired) electrons. The maximum Gasteiger partial charge on any atom is 1.00 e. The molecule has 60 valence electrons. The summed E-state index contributed by atoms with van der Waals surface area (Å²) in [5.41, 5.74) is 2.46. The van der Waals surface area contributed by atoms with E-state index in [0.717, 1.165) is 12.1 Å². The molecule has 2 heteroatoms. The summed E-state index contributed by atoms with van der Waals surface area (Å²) in [7, 11) is 0. The molecule has 0 amide bonds. The molecule has 0 saturated heterocycles. The molecule has 13 heavy (non-hydrogen) atoms. The molecule has 1 nitrogen and oxygen atoms in total. The van der Waals surface area contributed by atoms with Crippen molar-refractivity contribution in [1.82, 2.24) is 4.98 Å². The third kappa shape index (κ3) is 3.41. The molecule has 0 N–H and O–H groups in total. The first-order valence-electron chi connectivity index (χ1n) is 4.05. The maximum absolute atomic E-state index is 4.25. The molecule has 0 aliphatic heterocycles. The largest absolute Gasteiger partial charge is 1.00 e. The Morgan fingerprint density at radius 3 is 2.69 bits per heavy atom. The van der Waals surface area contributed by atoms with Crippen molar-refractivity contribution >= 4 is 0 Å². The average Bonchev–Trinajstić information content (AvgIpc) is 2.59. The van der Waals surface area contributed by atoms with E-state index in [2.05, 4.69) is 29.2 Å². The molecular weight excluding hydrogens is 185 g/mol. The fourth-order valence-corrected chi connectivity index (χ4v) is 1.24. The van der Waals surface area contributed by atoms with Crippen molar-refractivity contribution < 1.29 is 51.4 Å². The van der Waals surface area contributed by atoms with Crippen LogP contribution in [0.1, 0.15) is 11.3 Å². The Balaban J connectivity index is 0.000000845. The topological polar surface area (TPSA) is 12.9 Å². The first-order valence-corrected chi connectivity index (χ1v) is 4.05. The first-order chi connectivity index (χ1) is 5.95. The minimum absolute atomic E-state index is 0. The number of nitrogens with zero attached hydrogens (tertiary/aromatic N) is 1. The van der Waals surface area contributed by atoms with Crippen LogP contribution in [-0.4, -0.2) is 4.98 Å². The number of rotatable bonds is 2. The zero-order valence-corrected chi connectivity index (χ0v) is 10.9. The molecule has 0 bridgehead atoms. The molecule has 2 aromatic rings. The Morgan fingerprint density at radius 2 is 2.08 bits per heavy atom. The smallest absolute Gasteiger partial charge is 0.261 e. The zero-order valence-electron chi connectivity index (χ0n) is 7.77. The van der Waals surface area contributed by atoms with Crippen LogP contribution in [0.5, 0.6) is 0 Å². The van der Waals surface area contributed by atoms with Crippen LogP contribution in [0.3, 0.4) is 0 Å². The van der Waals surface area contributed by atoms with E-state index in [-0.39, 0.29) is 51.4 Å². The van der Waals surface area contributed by atoms with Gasteiger partial charge in [0, 0.05) is 11.9 Å². The van der Waals surface area contributed by atoms with E-state index >= 15 is 0 Å². The van der Waals surface area contributed by atoms with Gasteiger partial charge < -0.3 is 0 Å². The predicted molar refractivity (Wildman–Crippen MR) is 49.1 cm³/mol. The monoisotopic (exact) mass is 195 g/mol. The Kier molecular flexibility index (Phi) is 4.99. The van der Waals surface area contributed by atoms with Gasteiger partial charge >= 0.3 is 51.4 Å². The minimum Gasteiger partial charge on any atom is -0.261 e. The van der Waals surface area contributed by atoms with Gasteiger partial charge in [0.15, 0.2) is 0 Å². The third-order valence-electron chi connectivity index (χ3n) is 1.84. The average molecular weight is 195 g/mol. The summed E-state index contributed by atoms with van der Waals surface area (Å²) in [4.78, 5) is 4.25. The van der Waals surface area contributed by atoms with E-state index in [4.69, 9.17) is 0 Å². The molecule has 0 saturated carbocycles. The summed E-state index contributed by atoms with van der Waals surface area (Å²) in [5.74, 6) is 0. The summed E-state index contributed by atoms with van der Waals surface area (Å²) in [6.07, 6.45) is 2.77. The first kappa shape index (κ1) is 11.2. The quantitative estimate of drug-likeness (QED) is 0.460. The van der Waals surface area contributed by atoms with Gasteiger partial charge in [-0.2, -0.15) is 17.7 Å². The van der Waals surface area contributed by atoms with Gasteiger partial charge in [-0.05, 0) is 18.6 Å². The summed E-state index contributed by atoms with van der Waals surface area (Å²) in [6, 6.07) is 14.4. The van der Waals surface area contributed by atoms with Crippen LogP contribution in [0.25, 0.3) is 0 Å². The van der Waals surface area contributed by atoms with Gasteiger partial charge in [0.25, 0.3) is 0 Å². The van der Waals surface area contributed by atoms with Crippen molar-refractivity contribution in [2.45, 2.75) is 6.42 Å². The van der Waals surface area contributed by atoms with Crippen molar-refractivity contribution in [2.75, 3.05) is 0 Å². The van der Waals surface area contributed by atoms with Gasteiger partial charge in [0.05, 0.1) is 0 Å². The molecule has 0 aliphatic carbocycles. The van der Waals surface area contributed by atoms with Crippen LogP contribution in [0.15, 0.2) is 48.7 Å². The van der Waals surface area contributed by atoms with Crippen molar-refractivity contribution in [1.29, 1.82) is 0 Å². The molecule has 1 aromatic heterocycles. The van der Waals surface area contributed by atoms with Crippen LogP contribution in [0.2, 0.25) is 0 Å². The van der Waals surface area contributed by atoms with Crippen LogP contribution < -0.4 is 51.4 Å². The van der Waals surface area contributed by atoms with Gasteiger partial charge in [0.2, 0.25) is 0 Å². The summed E-state index contributed by atoms with van der Waals surface area (Å²) < 4.78 is 0. The number of aromatic nitrogens is 1. The molecule has 0 fully saturated rings. The van der Waals surface area contributed by atoms with Crippen molar-refractivity contribution in [3.63, 3.8) is 0 Å². The Morgan fingerprint density at radius 1 is 1.15 bits per heavy atom. The van der Waals surface area contributed by atoms with Crippen molar-refractivity contribution in [2.24, 2.45) is 0 Å². The normalized spacial score (nSPS) is 9.23. The van der Waals surface area contributed by atoms with Crippen LogP contribution in [-0.2, 0) is 6.42 Å². The molecule has 0 aliphatic rings. The number of pyridine rings is 1. The van der Waals surface area contributed by atoms with Crippen molar-refractivity contribution in [3.05, 3.63) is 59.9 Å². The third-order valence-corrected chi connectivity index (χ3v) is 1.84. The van der Waals surface area contributed by atoms with E-state index in [1.54, 1.807) is 0 Å². The second-order valence-corrected chi connectivity index (χ2v) is 2.79. The van der Waals surface area contributed by atoms with Gasteiger partial charge in [-0.1, -0.05) is 6.07 Å². The van der Waals surface area contributed by atoms with Gasteiger partial charge in [-0.15, -0.1) is 0 Å². The molecule has 2 rings (SSSR count). The molecule has 0 unspecified atom stereocenters. The summed E-state index contributed by atoms with van der Waals surface area (Å²) in [5, 5.41) is 0. The Labute approximate surface area is 121 Å². The fourth-order valence-electron chi connectivity index (χ4n) is 1.24. The van der Waals surface area contributed by atoms with Crippen molar-refractivity contribution in [3.8, 4) is 0 Å².